The van der Waals surface area contributed by atoms with Gasteiger partial charge in [-0.25, -0.2) is 27.3 Å². The zero-order valence-corrected chi connectivity index (χ0v) is 9.24. The van der Waals surface area contributed by atoms with Crippen molar-refractivity contribution in [1.29, 1.82) is 0 Å². The normalized spacial score (nSPS) is 12.1. The Kier molecular flexibility index (Phi) is 3.49. The molecular weight excluding hydrogens is 273 g/mol. The highest BCUT2D eigenvalue weighted by Gasteiger charge is 2.25. The molecule has 84 valence electrons. The van der Waals surface area contributed by atoms with Gasteiger partial charge >= 0.3 is 0 Å². The van der Waals surface area contributed by atoms with Crippen LogP contribution in [0.3, 0.4) is 0 Å². The number of nitrogens with two attached hydrogens (primary N) is 1. The van der Waals surface area contributed by atoms with Crippen LogP contribution < -0.4 is 5.14 Å². The van der Waals surface area contributed by atoms with Crippen molar-refractivity contribution < 1.29 is 17.2 Å². The standard InChI is InChI=1S/C6H4Cl2F2N2O2S/c7-3-1-2(6(9)10)4(5(8)12-3)15(11,13)14/h1,6H,(H2,11,13,14). The minimum absolute atomic E-state index is 0.331. The third-order valence-corrected chi connectivity index (χ3v) is 3.03. The van der Waals surface area contributed by atoms with Crippen LogP contribution in [-0.2, 0) is 10.0 Å². The number of pyridine rings is 1. The van der Waals surface area contributed by atoms with Crippen LogP contribution in [-0.4, -0.2) is 13.4 Å². The number of primary sulfonamides is 1. The van der Waals surface area contributed by atoms with E-state index < -0.39 is 32.1 Å². The predicted octanol–water partition coefficient (Wildman–Crippen LogP) is 1.97. The summed E-state index contributed by atoms with van der Waals surface area (Å²) in [7, 11) is -4.36. The van der Waals surface area contributed by atoms with Crippen molar-refractivity contribution in [3.63, 3.8) is 0 Å². The molecule has 9 heteroatoms. The quantitative estimate of drug-likeness (QED) is 0.840. The van der Waals surface area contributed by atoms with E-state index >= 15 is 0 Å². The first-order valence-corrected chi connectivity index (χ1v) is 5.70. The molecule has 0 radical (unpaired) electrons. The average molecular weight is 277 g/mol. The molecule has 0 saturated carbocycles. The SMILES string of the molecule is NS(=O)(=O)c1c(C(F)F)cc(Cl)nc1Cl. The molecule has 0 spiro atoms. The molecule has 1 rings (SSSR count). The lowest BCUT2D eigenvalue weighted by atomic mass is 10.3. The maximum atomic E-state index is 12.5. The van der Waals surface area contributed by atoms with Crippen LogP contribution in [0.4, 0.5) is 8.78 Å². The van der Waals surface area contributed by atoms with Gasteiger partial charge in [0.2, 0.25) is 10.0 Å². The molecule has 15 heavy (non-hydrogen) atoms. The minimum atomic E-state index is -4.36. The number of hydrogen-bond donors (Lipinski definition) is 1. The van der Waals surface area contributed by atoms with Gasteiger partial charge in [0.15, 0.2) is 5.15 Å². The van der Waals surface area contributed by atoms with Gasteiger partial charge in [-0.3, -0.25) is 0 Å². The molecule has 1 aromatic heterocycles. The van der Waals surface area contributed by atoms with Gasteiger partial charge in [0.25, 0.3) is 6.43 Å². The Hall–Kier alpha value is -0.500. The molecule has 0 fully saturated rings. The minimum Gasteiger partial charge on any atom is -0.225 e. The van der Waals surface area contributed by atoms with E-state index in [0.29, 0.717) is 6.07 Å². The number of halogens is 4. The molecule has 1 heterocycles. The van der Waals surface area contributed by atoms with Gasteiger partial charge in [0, 0.05) is 5.56 Å². The van der Waals surface area contributed by atoms with Crippen molar-refractivity contribution >= 4 is 33.2 Å². The van der Waals surface area contributed by atoms with Gasteiger partial charge in [-0.15, -0.1) is 0 Å². The van der Waals surface area contributed by atoms with Crippen molar-refractivity contribution in [1.82, 2.24) is 4.98 Å². The van der Waals surface area contributed by atoms with Crippen LogP contribution in [0.1, 0.15) is 12.0 Å². The average Bonchev–Trinajstić information content (AvgIpc) is 1.99. The zero-order chi connectivity index (χ0) is 11.8. The van der Waals surface area contributed by atoms with Gasteiger partial charge < -0.3 is 0 Å². The van der Waals surface area contributed by atoms with E-state index in [1.807, 2.05) is 0 Å². The van der Waals surface area contributed by atoms with E-state index in [1.54, 1.807) is 0 Å². The zero-order valence-electron chi connectivity index (χ0n) is 6.92. The van der Waals surface area contributed by atoms with E-state index in [0.717, 1.165) is 0 Å². The summed E-state index contributed by atoms with van der Waals surface area (Å²) >= 11 is 10.7. The molecule has 4 nitrogen and oxygen atoms in total. The molecule has 2 N–H and O–H groups in total. The Balaban J connectivity index is 3.62. The molecule has 0 amide bonds. The Bertz CT molecular complexity index is 492. The number of sulfonamides is 1. The first kappa shape index (κ1) is 12.6. The molecule has 0 aliphatic carbocycles. The van der Waals surface area contributed by atoms with Crippen LogP contribution in [0.15, 0.2) is 11.0 Å². The van der Waals surface area contributed by atoms with E-state index in [2.05, 4.69) is 4.98 Å². The van der Waals surface area contributed by atoms with Crippen molar-refractivity contribution in [2.75, 3.05) is 0 Å². The van der Waals surface area contributed by atoms with Gasteiger partial charge in [0.05, 0.1) is 0 Å². The topological polar surface area (TPSA) is 73.1 Å². The molecule has 0 aliphatic rings. The summed E-state index contributed by atoms with van der Waals surface area (Å²) in [5.74, 6) is 0. The second-order valence-electron chi connectivity index (χ2n) is 2.50. The monoisotopic (exact) mass is 276 g/mol. The number of rotatable bonds is 2. The molecular formula is C6H4Cl2F2N2O2S. The van der Waals surface area contributed by atoms with E-state index in [1.165, 1.54) is 0 Å². The van der Waals surface area contributed by atoms with E-state index in [4.69, 9.17) is 28.3 Å². The van der Waals surface area contributed by atoms with Crippen molar-refractivity contribution in [2.45, 2.75) is 11.3 Å². The Morgan fingerprint density at radius 3 is 2.33 bits per heavy atom. The number of aromatic nitrogens is 1. The van der Waals surface area contributed by atoms with Gasteiger partial charge in [-0.05, 0) is 6.07 Å². The van der Waals surface area contributed by atoms with Crippen LogP contribution in [0.5, 0.6) is 0 Å². The summed E-state index contributed by atoms with van der Waals surface area (Å²) in [6, 6.07) is 0.706. The lowest BCUT2D eigenvalue weighted by Crippen LogP contribution is -2.16. The molecule has 0 bridgehead atoms. The Morgan fingerprint density at radius 2 is 1.93 bits per heavy atom. The van der Waals surface area contributed by atoms with E-state index in [9.17, 15) is 17.2 Å². The fourth-order valence-electron chi connectivity index (χ4n) is 0.934. The van der Waals surface area contributed by atoms with Crippen LogP contribution in [0.2, 0.25) is 10.3 Å². The Morgan fingerprint density at radius 1 is 1.40 bits per heavy atom. The lowest BCUT2D eigenvalue weighted by molar-refractivity contribution is 0.148. The predicted molar refractivity (Wildman–Crippen MR) is 50.6 cm³/mol. The second-order valence-corrected chi connectivity index (χ2v) is 4.74. The summed E-state index contributed by atoms with van der Waals surface area (Å²) < 4.78 is 46.8. The van der Waals surface area contributed by atoms with Crippen molar-refractivity contribution in [3.05, 3.63) is 21.9 Å². The highest BCUT2D eigenvalue weighted by atomic mass is 35.5. The first-order chi connectivity index (χ1) is 6.73. The smallest absolute Gasteiger partial charge is 0.225 e. The molecule has 0 aromatic carbocycles. The van der Waals surface area contributed by atoms with Crippen LogP contribution in [0.25, 0.3) is 0 Å². The Labute approximate surface area is 94.1 Å². The number of hydrogen-bond acceptors (Lipinski definition) is 3. The molecule has 0 unspecified atom stereocenters. The second kappa shape index (κ2) is 4.17. The first-order valence-electron chi connectivity index (χ1n) is 3.40. The summed E-state index contributed by atoms with van der Waals surface area (Å²) in [5.41, 5.74) is -0.859. The van der Waals surface area contributed by atoms with Gasteiger partial charge in [-0.1, -0.05) is 23.2 Å². The molecule has 0 saturated heterocycles. The largest absolute Gasteiger partial charge is 0.265 e. The third kappa shape index (κ3) is 2.75. The number of alkyl halides is 2. The van der Waals surface area contributed by atoms with Crippen molar-refractivity contribution in [2.24, 2.45) is 5.14 Å². The third-order valence-electron chi connectivity index (χ3n) is 1.45. The maximum absolute atomic E-state index is 12.5. The van der Waals surface area contributed by atoms with Gasteiger partial charge in [0.1, 0.15) is 10.0 Å². The summed E-state index contributed by atoms with van der Waals surface area (Å²) in [5, 5.41) is 3.72. The fourth-order valence-corrected chi connectivity index (χ4v) is 2.46. The maximum Gasteiger partial charge on any atom is 0.265 e. The molecule has 0 atom stereocenters. The lowest BCUT2D eigenvalue weighted by Gasteiger charge is -2.08. The van der Waals surface area contributed by atoms with Crippen LogP contribution in [0, 0.1) is 0 Å². The highest BCUT2D eigenvalue weighted by molar-refractivity contribution is 7.89. The van der Waals surface area contributed by atoms with Gasteiger partial charge in [-0.2, -0.15) is 0 Å². The summed E-state index contributed by atoms with van der Waals surface area (Å²) in [4.78, 5) is 2.42. The molecule has 1 aromatic rings. The highest BCUT2D eigenvalue weighted by Crippen LogP contribution is 2.32. The van der Waals surface area contributed by atoms with Crippen molar-refractivity contribution in [3.8, 4) is 0 Å². The number of nitrogens with zero attached hydrogens (tertiary/aromatic N) is 1. The van der Waals surface area contributed by atoms with E-state index in [-0.39, 0.29) is 5.15 Å². The summed E-state index contributed by atoms with van der Waals surface area (Å²) in [6.45, 7) is 0. The fraction of sp³-hybridized carbons (Fsp3) is 0.167. The summed E-state index contributed by atoms with van der Waals surface area (Å²) in [6.07, 6.45) is -3.06. The molecule has 0 aliphatic heterocycles. The van der Waals surface area contributed by atoms with Crippen LogP contribution >= 0.6 is 23.2 Å².